The summed E-state index contributed by atoms with van der Waals surface area (Å²) in [7, 11) is 1.67. The van der Waals surface area contributed by atoms with Gasteiger partial charge in [-0.2, -0.15) is 4.98 Å². The van der Waals surface area contributed by atoms with Gasteiger partial charge < -0.3 is 15.0 Å². The molecule has 0 bridgehead atoms. The molecule has 0 aliphatic heterocycles. The molecule has 1 heterocycles. The standard InChI is InChI=1S/C17H24N4O/c1-6-21(7-2)17-18-13(4)11-16(20-17)19-14-10-12(3)8-9-15(14)22-5/h8-11H,6-7H2,1-5H3,(H,18,19,20). The van der Waals surface area contributed by atoms with Crippen LogP contribution >= 0.6 is 0 Å². The fourth-order valence-corrected chi connectivity index (χ4v) is 2.32. The summed E-state index contributed by atoms with van der Waals surface area (Å²) in [4.78, 5) is 11.3. The topological polar surface area (TPSA) is 50.3 Å². The number of nitrogens with zero attached hydrogens (tertiary/aromatic N) is 3. The number of anilines is 3. The molecule has 0 aliphatic rings. The lowest BCUT2D eigenvalue weighted by atomic mass is 10.2. The molecule has 0 radical (unpaired) electrons. The first kappa shape index (κ1) is 16.1. The van der Waals surface area contributed by atoms with E-state index in [1.807, 2.05) is 31.2 Å². The highest BCUT2D eigenvalue weighted by Gasteiger charge is 2.10. The fourth-order valence-electron chi connectivity index (χ4n) is 2.32. The van der Waals surface area contributed by atoms with Crippen LogP contribution in [0.1, 0.15) is 25.1 Å². The van der Waals surface area contributed by atoms with E-state index < -0.39 is 0 Å². The normalized spacial score (nSPS) is 10.4. The van der Waals surface area contributed by atoms with Crippen molar-refractivity contribution in [3.63, 3.8) is 0 Å². The molecule has 0 unspecified atom stereocenters. The zero-order valence-electron chi connectivity index (χ0n) is 14.0. The quantitative estimate of drug-likeness (QED) is 0.881. The highest BCUT2D eigenvalue weighted by Crippen LogP contribution is 2.28. The third-order valence-corrected chi connectivity index (χ3v) is 3.51. The van der Waals surface area contributed by atoms with Crippen LogP contribution in [0, 0.1) is 13.8 Å². The van der Waals surface area contributed by atoms with Gasteiger partial charge in [0.1, 0.15) is 11.6 Å². The summed E-state index contributed by atoms with van der Waals surface area (Å²) in [6, 6.07) is 7.97. The van der Waals surface area contributed by atoms with Gasteiger partial charge in [-0.25, -0.2) is 4.98 Å². The minimum absolute atomic E-state index is 0.749. The second-order valence-electron chi connectivity index (χ2n) is 5.20. The first-order valence-electron chi connectivity index (χ1n) is 7.59. The Kier molecular flexibility index (Phi) is 5.20. The zero-order chi connectivity index (χ0) is 16.1. The summed E-state index contributed by atoms with van der Waals surface area (Å²) < 4.78 is 5.41. The van der Waals surface area contributed by atoms with Gasteiger partial charge in [-0.1, -0.05) is 6.07 Å². The van der Waals surface area contributed by atoms with Crippen molar-refractivity contribution in [3.8, 4) is 5.75 Å². The van der Waals surface area contributed by atoms with Gasteiger partial charge >= 0.3 is 0 Å². The molecule has 1 aromatic carbocycles. The summed E-state index contributed by atoms with van der Waals surface area (Å²) >= 11 is 0. The van der Waals surface area contributed by atoms with Crippen molar-refractivity contribution in [3.05, 3.63) is 35.5 Å². The van der Waals surface area contributed by atoms with Crippen molar-refractivity contribution < 1.29 is 4.74 Å². The average Bonchev–Trinajstić information content (AvgIpc) is 2.48. The zero-order valence-corrected chi connectivity index (χ0v) is 14.0. The predicted molar refractivity (Wildman–Crippen MR) is 91.3 cm³/mol. The molecule has 118 valence electrons. The van der Waals surface area contributed by atoms with E-state index in [9.17, 15) is 0 Å². The molecule has 0 saturated heterocycles. The SMILES string of the molecule is CCN(CC)c1nc(C)cc(Nc2cc(C)ccc2OC)n1. The molecule has 2 aromatic rings. The largest absolute Gasteiger partial charge is 0.495 e. The Bertz CT molecular complexity index is 639. The van der Waals surface area contributed by atoms with E-state index in [1.54, 1.807) is 7.11 Å². The number of benzene rings is 1. The summed E-state index contributed by atoms with van der Waals surface area (Å²) in [6.07, 6.45) is 0. The van der Waals surface area contributed by atoms with Crippen LogP contribution in [-0.4, -0.2) is 30.2 Å². The van der Waals surface area contributed by atoms with Crippen LogP contribution in [0.5, 0.6) is 5.75 Å². The van der Waals surface area contributed by atoms with Crippen LogP contribution in [0.3, 0.4) is 0 Å². The molecule has 1 N–H and O–H groups in total. The molecule has 5 nitrogen and oxygen atoms in total. The maximum absolute atomic E-state index is 5.41. The van der Waals surface area contributed by atoms with Crippen molar-refractivity contribution >= 4 is 17.5 Å². The number of hydrogen-bond acceptors (Lipinski definition) is 5. The lowest BCUT2D eigenvalue weighted by molar-refractivity contribution is 0.416. The molecule has 0 saturated carbocycles. The maximum Gasteiger partial charge on any atom is 0.227 e. The Morgan fingerprint density at radius 3 is 2.45 bits per heavy atom. The van der Waals surface area contributed by atoms with Gasteiger partial charge in [-0.3, -0.25) is 0 Å². The van der Waals surface area contributed by atoms with Crippen LogP contribution in [0.2, 0.25) is 0 Å². The number of rotatable bonds is 6. The second-order valence-corrected chi connectivity index (χ2v) is 5.20. The van der Waals surface area contributed by atoms with Crippen molar-refractivity contribution in [2.45, 2.75) is 27.7 Å². The average molecular weight is 300 g/mol. The minimum Gasteiger partial charge on any atom is -0.495 e. The highest BCUT2D eigenvalue weighted by molar-refractivity contribution is 5.65. The second kappa shape index (κ2) is 7.11. The molecule has 0 fully saturated rings. The van der Waals surface area contributed by atoms with E-state index in [0.29, 0.717) is 0 Å². The first-order valence-corrected chi connectivity index (χ1v) is 7.59. The lowest BCUT2D eigenvalue weighted by Crippen LogP contribution is -2.24. The maximum atomic E-state index is 5.41. The van der Waals surface area contributed by atoms with Gasteiger partial charge in [0.15, 0.2) is 0 Å². The molecule has 0 spiro atoms. The summed E-state index contributed by atoms with van der Waals surface area (Å²) in [5, 5.41) is 3.35. The van der Waals surface area contributed by atoms with Crippen LogP contribution in [0.15, 0.2) is 24.3 Å². The first-order chi connectivity index (χ1) is 10.6. The van der Waals surface area contributed by atoms with E-state index in [4.69, 9.17) is 4.74 Å². The fraction of sp³-hybridized carbons (Fsp3) is 0.412. The van der Waals surface area contributed by atoms with E-state index in [0.717, 1.165) is 47.5 Å². The third kappa shape index (κ3) is 3.67. The molecule has 5 heteroatoms. The summed E-state index contributed by atoms with van der Waals surface area (Å²) in [5.41, 5.74) is 3.01. The number of hydrogen-bond donors (Lipinski definition) is 1. The molecule has 0 atom stereocenters. The summed E-state index contributed by atoms with van der Waals surface area (Å²) in [6.45, 7) is 10.0. The molecule has 0 aliphatic carbocycles. The Morgan fingerprint density at radius 2 is 1.82 bits per heavy atom. The van der Waals surface area contributed by atoms with Gasteiger partial charge in [-0.15, -0.1) is 0 Å². The van der Waals surface area contributed by atoms with E-state index in [-0.39, 0.29) is 0 Å². The van der Waals surface area contributed by atoms with Crippen LogP contribution in [0.4, 0.5) is 17.5 Å². The third-order valence-electron chi connectivity index (χ3n) is 3.51. The molecule has 2 rings (SSSR count). The van der Waals surface area contributed by atoms with Crippen molar-refractivity contribution in [2.75, 3.05) is 30.4 Å². The van der Waals surface area contributed by atoms with E-state index in [1.165, 1.54) is 0 Å². The summed E-state index contributed by atoms with van der Waals surface area (Å²) in [5.74, 6) is 2.32. The van der Waals surface area contributed by atoms with Gasteiger partial charge in [0.2, 0.25) is 5.95 Å². The number of aromatic nitrogens is 2. The number of aryl methyl sites for hydroxylation is 2. The minimum atomic E-state index is 0.749. The smallest absolute Gasteiger partial charge is 0.227 e. The molecule has 0 amide bonds. The monoisotopic (exact) mass is 300 g/mol. The molecular formula is C17H24N4O. The van der Waals surface area contributed by atoms with Gasteiger partial charge in [0.05, 0.1) is 12.8 Å². The van der Waals surface area contributed by atoms with E-state index in [2.05, 4.69) is 41.0 Å². The van der Waals surface area contributed by atoms with Crippen LogP contribution < -0.4 is 15.0 Å². The van der Waals surface area contributed by atoms with Crippen molar-refractivity contribution in [1.29, 1.82) is 0 Å². The van der Waals surface area contributed by atoms with Crippen LogP contribution in [-0.2, 0) is 0 Å². The molecule has 22 heavy (non-hydrogen) atoms. The predicted octanol–water partition coefficient (Wildman–Crippen LogP) is 3.69. The van der Waals surface area contributed by atoms with E-state index >= 15 is 0 Å². The Labute approximate surface area is 132 Å². The van der Waals surface area contributed by atoms with Crippen molar-refractivity contribution in [1.82, 2.24) is 9.97 Å². The Hall–Kier alpha value is -2.30. The molecule has 1 aromatic heterocycles. The van der Waals surface area contributed by atoms with Crippen LogP contribution in [0.25, 0.3) is 0 Å². The number of methoxy groups -OCH3 is 1. The highest BCUT2D eigenvalue weighted by atomic mass is 16.5. The Balaban J connectivity index is 2.35. The number of nitrogens with one attached hydrogen (secondary N) is 1. The van der Waals surface area contributed by atoms with Gasteiger partial charge in [0, 0.05) is 24.8 Å². The van der Waals surface area contributed by atoms with Crippen molar-refractivity contribution in [2.24, 2.45) is 0 Å². The Morgan fingerprint density at radius 1 is 1.09 bits per heavy atom. The molecular weight excluding hydrogens is 276 g/mol. The number of ether oxygens (including phenoxy) is 1. The lowest BCUT2D eigenvalue weighted by Gasteiger charge is -2.20. The van der Waals surface area contributed by atoms with Gasteiger partial charge in [0.25, 0.3) is 0 Å². The van der Waals surface area contributed by atoms with Gasteiger partial charge in [-0.05, 0) is 45.4 Å².